The van der Waals surface area contributed by atoms with E-state index in [1.807, 2.05) is 6.08 Å². The first kappa shape index (κ1) is 8.27. The first-order valence-electron chi connectivity index (χ1n) is 3.63. The predicted octanol–water partition coefficient (Wildman–Crippen LogP) is 1.05. The molecular formula is C8H12O3. The second kappa shape index (κ2) is 3.53. The van der Waals surface area contributed by atoms with Gasteiger partial charge >= 0.3 is 5.97 Å². The first-order valence-corrected chi connectivity index (χ1v) is 3.63. The third-order valence-corrected chi connectivity index (χ3v) is 1.91. The lowest BCUT2D eigenvalue weighted by molar-refractivity contribution is -0.143. The van der Waals surface area contributed by atoms with Crippen molar-refractivity contribution in [3.8, 4) is 0 Å². The Labute approximate surface area is 65.7 Å². The van der Waals surface area contributed by atoms with Crippen molar-refractivity contribution in [3.05, 3.63) is 11.6 Å². The van der Waals surface area contributed by atoms with E-state index in [2.05, 4.69) is 0 Å². The minimum atomic E-state index is -0.681. The van der Waals surface area contributed by atoms with Gasteiger partial charge in [0.2, 0.25) is 0 Å². The van der Waals surface area contributed by atoms with Gasteiger partial charge in [-0.1, -0.05) is 11.6 Å². The van der Waals surface area contributed by atoms with Crippen LogP contribution in [0, 0.1) is 5.92 Å². The maximum Gasteiger partial charge on any atom is 0.307 e. The van der Waals surface area contributed by atoms with Crippen LogP contribution in [0.2, 0.25) is 0 Å². The van der Waals surface area contributed by atoms with Gasteiger partial charge < -0.3 is 9.84 Å². The number of aliphatic carboxylic acids is 1. The van der Waals surface area contributed by atoms with Gasteiger partial charge in [0.15, 0.2) is 0 Å². The highest BCUT2D eigenvalue weighted by molar-refractivity contribution is 5.72. The molecular weight excluding hydrogens is 144 g/mol. The highest BCUT2D eigenvalue weighted by Crippen LogP contribution is 2.32. The van der Waals surface area contributed by atoms with Crippen molar-refractivity contribution in [2.24, 2.45) is 5.92 Å². The average Bonchev–Trinajstić information content (AvgIpc) is 1.84. The third kappa shape index (κ3) is 2.05. The Bertz CT molecular complexity index is 176. The molecule has 0 bridgehead atoms. The van der Waals surface area contributed by atoms with E-state index in [4.69, 9.17) is 9.84 Å². The summed E-state index contributed by atoms with van der Waals surface area (Å²) in [5, 5.41) is 8.52. The van der Waals surface area contributed by atoms with E-state index < -0.39 is 5.97 Å². The first-order chi connectivity index (χ1) is 5.24. The van der Waals surface area contributed by atoms with Crippen LogP contribution in [-0.4, -0.2) is 24.8 Å². The lowest BCUT2D eigenvalue weighted by Gasteiger charge is -2.25. The van der Waals surface area contributed by atoms with E-state index in [1.54, 1.807) is 7.11 Å². The van der Waals surface area contributed by atoms with Crippen LogP contribution in [0.15, 0.2) is 11.6 Å². The maximum absolute atomic E-state index is 10.3. The van der Waals surface area contributed by atoms with Crippen LogP contribution < -0.4 is 0 Å². The molecule has 0 aromatic heterocycles. The van der Waals surface area contributed by atoms with E-state index >= 15 is 0 Å². The fraction of sp³-hybridized carbons (Fsp3) is 0.625. The third-order valence-electron chi connectivity index (χ3n) is 1.91. The normalized spacial score (nSPS) is 22.6. The molecule has 3 heteroatoms. The van der Waals surface area contributed by atoms with Gasteiger partial charge in [-0.3, -0.25) is 4.79 Å². The fourth-order valence-corrected chi connectivity index (χ4v) is 1.12. The molecule has 0 amide bonds. The number of carbonyl (C=O) groups is 1. The van der Waals surface area contributed by atoms with Crippen LogP contribution in [0.5, 0.6) is 0 Å². The number of hydrogen-bond acceptors (Lipinski definition) is 2. The minimum absolute atomic E-state index is 0.141. The Kier molecular flexibility index (Phi) is 2.65. The van der Waals surface area contributed by atoms with Crippen LogP contribution in [0.3, 0.4) is 0 Å². The van der Waals surface area contributed by atoms with Gasteiger partial charge in [0.05, 0.1) is 12.5 Å². The number of carboxylic acid groups (broad SMARTS) is 1. The van der Waals surface area contributed by atoms with Gasteiger partial charge in [-0.05, 0) is 12.8 Å². The molecule has 0 aromatic carbocycles. The number of methoxy groups -OCH3 is 1. The molecule has 0 unspecified atom stereocenters. The van der Waals surface area contributed by atoms with Crippen LogP contribution in [-0.2, 0) is 9.53 Å². The van der Waals surface area contributed by atoms with Gasteiger partial charge in [0, 0.05) is 7.11 Å². The van der Waals surface area contributed by atoms with E-state index in [1.165, 1.54) is 5.57 Å². The van der Waals surface area contributed by atoms with Crippen molar-refractivity contribution in [1.82, 2.24) is 0 Å². The van der Waals surface area contributed by atoms with Crippen LogP contribution in [0.25, 0.3) is 0 Å². The van der Waals surface area contributed by atoms with Crippen molar-refractivity contribution < 1.29 is 14.6 Å². The molecule has 0 aromatic rings. The average molecular weight is 156 g/mol. The zero-order valence-corrected chi connectivity index (χ0v) is 6.54. The molecule has 0 radical (unpaired) electrons. The van der Waals surface area contributed by atoms with Crippen LogP contribution >= 0.6 is 0 Å². The summed E-state index contributed by atoms with van der Waals surface area (Å²) in [6, 6.07) is 0. The van der Waals surface area contributed by atoms with Gasteiger partial charge in [0.1, 0.15) is 0 Å². The highest BCUT2D eigenvalue weighted by atomic mass is 16.5. The molecule has 11 heavy (non-hydrogen) atoms. The predicted molar refractivity (Wildman–Crippen MR) is 40.3 cm³/mol. The number of rotatable bonds is 3. The number of carboxylic acids is 1. The molecule has 1 N–H and O–H groups in total. The monoisotopic (exact) mass is 156 g/mol. The Morgan fingerprint density at radius 3 is 2.91 bits per heavy atom. The van der Waals surface area contributed by atoms with E-state index in [0.717, 1.165) is 0 Å². The van der Waals surface area contributed by atoms with E-state index in [9.17, 15) is 4.79 Å². The lowest BCUT2D eigenvalue weighted by atomic mass is 9.80. The smallest absolute Gasteiger partial charge is 0.307 e. The number of hydrogen-bond donors (Lipinski definition) is 1. The van der Waals surface area contributed by atoms with Gasteiger partial charge in [-0.25, -0.2) is 0 Å². The number of ether oxygens (including phenoxy) is 1. The van der Waals surface area contributed by atoms with Crippen LogP contribution in [0.4, 0.5) is 0 Å². The lowest BCUT2D eigenvalue weighted by Crippen LogP contribution is -2.23. The largest absolute Gasteiger partial charge is 0.481 e. The topological polar surface area (TPSA) is 46.5 Å². The van der Waals surface area contributed by atoms with Gasteiger partial charge in [-0.2, -0.15) is 0 Å². The Hall–Kier alpha value is -0.830. The van der Waals surface area contributed by atoms with Crippen molar-refractivity contribution in [1.29, 1.82) is 0 Å². The summed E-state index contributed by atoms with van der Waals surface area (Å²) in [5.41, 5.74) is 1.21. The molecule has 0 atom stereocenters. The standard InChI is InChI=1S/C8H12O3/c1-11-3-2-6-4-7(5-6)8(9)10/h2,7H,3-5H2,1H3,(H,9,10). The SMILES string of the molecule is COCC=C1CC(C(=O)O)C1. The Morgan fingerprint density at radius 1 is 1.82 bits per heavy atom. The minimum Gasteiger partial charge on any atom is -0.481 e. The molecule has 0 aliphatic heterocycles. The summed E-state index contributed by atoms with van der Waals surface area (Å²) in [7, 11) is 1.63. The quantitative estimate of drug-likeness (QED) is 0.621. The summed E-state index contributed by atoms with van der Waals surface area (Å²) >= 11 is 0. The molecule has 1 saturated carbocycles. The number of allylic oxidation sites excluding steroid dienone is 1. The molecule has 1 fully saturated rings. The summed E-state index contributed by atoms with van der Waals surface area (Å²) in [5.74, 6) is -0.822. The van der Waals surface area contributed by atoms with Crippen LogP contribution in [0.1, 0.15) is 12.8 Å². The van der Waals surface area contributed by atoms with Gasteiger partial charge in [0.25, 0.3) is 0 Å². The van der Waals surface area contributed by atoms with Crippen molar-refractivity contribution in [2.75, 3.05) is 13.7 Å². The zero-order valence-electron chi connectivity index (χ0n) is 6.54. The molecule has 0 heterocycles. The second-order valence-corrected chi connectivity index (χ2v) is 2.76. The molecule has 1 aliphatic rings. The molecule has 0 saturated heterocycles. The molecule has 0 spiro atoms. The molecule has 1 aliphatic carbocycles. The zero-order chi connectivity index (χ0) is 8.27. The second-order valence-electron chi connectivity index (χ2n) is 2.76. The summed E-state index contributed by atoms with van der Waals surface area (Å²) in [6.07, 6.45) is 3.37. The molecule has 3 nitrogen and oxygen atoms in total. The Morgan fingerprint density at radius 2 is 2.45 bits per heavy atom. The highest BCUT2D eigenvalue weighted by Gasteiger charge is 2.28. The fourth-order valence-electron chi connectivity index (χ4n) is 1.12. The molecule has 62 valence electrons. The van der Waals surface area contributed by atoms with E-state index in [-0.39, 0.29) is 5.92 Å². The summed E-state index contributed by atoms with van der Waals surface area (Å²) in [6.45, 7) is 0.599. The van der Waals surface area contributed by atoms with Crippen molar-refractivity contribution >= 4 is 5.97 Å². The maximum atomic E-state index is 10.3. The van der Waals surface area contributed by atoms with Crippen molar-refractivity contribution in [2.45, 2.75) is 12.8 Å². The Balaban J connectivity index is 2.23. The van der Waals surface area contributed by atoms with Gasteiger partial charge in [-0.15, -0.1) is 0 Å². The van der Waals surface area contributed by atoms with E-state index in [0.29, 0.717) is 19.4 Å². The van der Waals surface area contributed by atoms with Crippen molar-refractivity contribution in [3.63, 3.8) is 0 Å². The summed E-state index contributed by atoms with van der Waals surface area (Å²) < 4.78 is 4.82. The summed E-state index contributed by atoms with van der Waals surface area (Å²) in [4.78, 5) is 10.3. The molecule has 1 rings (SSSR count).